The van der Waals surface area contributed by atoms with E-state index in [-0.39, 0.29) is 41.2 Å². The fraction of sp³-hybridized carbons (Fsp3) is 0.346. The second kappa shape index (κ2) is 10.8. The van der Waals surface area contributed by atoms with Gasteiger partial charge in [0.1, 0.15) is 11.6 Å². The number of Topliss-reactive ketones (excluding diaryl/α,β-unsaturated/α-hetero) is 1. The van der Waals surface area contributed by atoms with Crippen molar-refractivity contribution in [1.82, 2.24) is 4.90 Å². The Hall–Kier alpha value is -3.56. The second-order valence-corrected chi connectivity index (χ2v) is 8.51. The molecule has 8 nitrogen and oxygen atoms in total. The minimum Gasteiger partial charge on any atom is -0.511 e. The molecule has 9 heteroatoms. The van der Waals surface area contributed by atoms with Crippen LogP contribution in [0.1, 0.15) is 27.0 Å². The van der Waals surface area contributed by atoms with Gasteiger partial charge in [-0.1, -0.05) is 12.1 Å². The molecule has 0 radical (unpaired) electrons. The number of aliphatic hydroxyl groups excluding tert-OH is 1. The standard InChI is InChI=1S/C26H28FN3O5/c1-28-21-14-18(27)13-20-19(21)15-23(32)24(25(20)29-6-7-30-8-10-35-11-9-30)22(31)12-16-2-4-17(5-3-16)26(33)34/h2-5,13-14,28,31H,6-12,15H2,1H3,(H,33,34). The van der Waals surface area contributed by atoms with Crippen LogP contribution < -0.4 is 5.32 Å². The fourth-order valence-corrected chi connectivity index (χ4v) is 4.41. The zero-order valence-corrected chi connectivity index (χ0v) is 19.5. The lowest BCUT2D eigenvalue weighted by atomic mass is 9.82. The van der Waals surface area contributed by atoms with Crippen molar-refractivity contribution in [2.24, 2.45) is 4.99 Å². The van der Waals surface area contributed by atoms with Crippen LogP contribution >= 0.6 is 0 Å². The van der Waals surface area contributed by atoms with Gasteiger partial charge < -0.3 is 20.3 Å². The zero-order chi connectivity index (χ0) is 24.9. The Labute approximate surface area is 202 Å². The summed E-state index contributed by atoms with van der Waals surface area (Å²) in [6.07, 6.45) is 0.0264. The number of rotatable bonds is 7. The largest absolute Gasteiger partial charge is 0.511 e. The molecular weight excluding hydrogens is 453 g/mol. The summed E-state index contributed by atoms with van der Waals surface area (Å²) in [5, 5.41) is 23.1. The van der Waals surface area contributed by atoms with Crippen LogP contribution in [-0.4, -0.2) is 79.0 Å². The topological polar surface area (TPSA) is 111 Å². The molecule has 184 valence electrons. The third-order valence-electron chi connectivity index (χ3n) is 6.24. The number of anilines is 1. The van der Waals surface area contributed by atoms with E-state index in [2.05, 4.69) is 10.2 Å². The van der Waals surface area contributed by atoms with Crippen molar-refractivity contribution in [3.63, 3.8) is 0 Å². The number of aliphatic imine (C=N–C) groups is 1. The Morgan fingerprint density at radius 3 is 2.54 bits per heavy atom. The Balaban J connectivity index is 1.71. The third kappa shape index (κ3) is 5.58. The monoisotopic (exact) mass is 481 g/mol. The van der Waals surface area contributed by atoms with Gasteiger partial charge >= 0.3 is 5.97 Å². The highest BCUT2D eigenvalue weighted by molar-refractivity contribution is 6.32. The van der Waals surface area contributed by atoms with E-state index in [0.29, 0.717) is 48.7 Å². The van der Waals surface area contributed by atoms with E-state index in [4.69, 9.17) is 14.8 Å². The minimum atomic E-state index is -1.05. The summed E-state index contributed by atoms with van der Waals surface area (Å²) in [7, 11) is 1.67. The van der Waals surface area contributed by atoms with Gasteiger partial charge in [0.2, 0.25) is 0 Å². The molecule has 0 saturated carbocycles. The van der Waals surface area contributed by atoms with Gasteiger partial charge in [-0.3, -0.25) is 14.7 Å². The first kappa shape index (κ1) is 24.6. The van der Waals surface area contributed by atoms with Crippen molar-refractivity contribution in [3.05, 3.63) is 75.8 Å². The van der Waals surface area contributed by atoms with Gasteiger partial charge in [-0.25, -0.2) is 9.18 Å². The first-order valence-electron chi connectivity index (χ1n) is 11.5. The molecule has 2 aliphatic rings. The molecule has 3 N–H and O–H groups in total. The molecule has 2 aromatic carbocycles. The lowest BCUT2D eigenvalue weighted by molar-refractivity contribution is -0.114. The van der Waals surface area contributed by atoms with Crippen LogP contribution in [0.3, 0.4) is 0 Å². The molecule has 2 aromatic rings. The van der Waals surface area contributed by atoms with Gasteiger partial charge in [-0.05, 0) is 35.4 Å². The number of ether oxygens (including phenoxy) is 1. The van der Waals surface area contributed by atoms with E-state index < -0.39 is 11.8 Å². The molecule has 4 rings (SSSR count). The summed E-state index contributed by atoms with van der Waals surface area (Å²) in [6, 6.07) is 8.77. The van der Waals surface area contributed by atoms with Crippen molar-refractivity contribution >= 4 is 23.2 Å². The molecule has 0 unspecified atom stereocenters. The van der Waals surface area contributed by atoms with Crippen molar-refractivity contribution in [2.75, 3.05) is 51.8 Å². The number of carboxylic acids is 1. The molecule has 0 spiro atoms. The maximum absolute atomic E-state index is 14.5. The van der Waals surface area contributed by atoms with Gasteiger partial charge in [0, 0.05) is 50.8 Å². The maximum Gasteiger partial charge on any atom is 0.335 e. The molecule has 0 bridgehead atoms. The first-order valence-corrected chi connectivity index (χ1v) is 11.5. The summed E-state index contributed by atoms with van der Waals surface area (Å²) < 4.78 is 19.9. The number of benzene rings is 2. The smallest absolute Gasteiger partial charge is 0.335 e. The van der Waals surface area contributed by atoms with Crippen LogP contribution in [-0.2, 0) is 22.4 Å². The molecular formula is C26H28FN3O5. The Bertz CT molecular complexity index is 1180. The number of morpholine rings is 1. The SMILES string of the molecule is CNc1cc(F)cc2c1CC(=O)C(=C(O)Cc1ccc(C(=O)O)cc1)C2=NCCN1CCOCC1. The van der Waals surface area contributed by atoms with Crippen molar-refractivity contribution in [3.8, 4) is 0 Å². The maximum atomic E-state index is 14.5. The first-order chi connectivity index (χ1) is 16.9. The number of nitrogens with one attached hydrogen (secondary N) is 1. The van der Waals surface area contributed by atoms with Gasteiger partial charge in [0.15, 0.2) is 5.78 Å². The molecule has 1 saturated heterocycles. The molecule has 1 aliphatic carbocycles. The number of hydrogen-bond acceptors (Lipinski definition) is 7. The highest BCUT2D eigenvalue weighted by Gasteiger charge is 2.32. The third-order valence-corrected chi connectivity index (χ3v) is 6.24. The lowest BCUT2D eigenvalue weighted by Crippen LogP contribution is -2.38. The van der Waals surface area contributed by atoms with Gasteiger partial charge in [-0.15, -0.1) is 0 Å². The summed E-state index contributed by atoms with van der Waals surface area (Å²) in [5.41, 5.74) is 2.77. The number of aromatic carboxylic acids is 1. The number of nitrogens with zero attached hydrogens (tertiary/aromatic N) is 2. The van der Waals surface area contributed by atoms with E-state index in [1.54, 1.807) is 19.2 Å². The van der Waals surface area contributed by atoms with Crippen molar-refractivity contribution in [2.45, 2.75) is 12.8 Å². The van der Waals surface area contributed by atoms with Gasteiger partial charge in [0.25, 0.3) is 0 Å². The average molecular weight is 482 g/mol. The van der Waals surface area contributed by atoms with Crippen molar-refractivity contribution in [1.29, 1.82) is 0 Å². The number of allylic oxidation sites excluding steroid dienone is 2. The van der Waals surface area contributed by atoms with E-state index >= 15 is 0 Å². The van der Waals surface area contributed by atoms with Gasteiger partial charge in [0.05, 0.1) is 36.6 Å². The number of carbonyl (C=O) groups excluding carboxylic acids is 1. The van der Waals surface area contributed by atoms with Crippen LogP contribution in [0.25, 0.3) is 0 Å². The summed E-state index contributed by atoms with van der Waals surface area (Å²) >= 11 is 0. The number of fused-ring (bicyclic) bond motifs is 1. The van der Waals surface area contributed by atoms with E-state index in [9.17, 15) is 19.1 Å². The molecule has 1 aliphatic heterocycles. The normalized spacial score (nSPS) is 18.9. The zero-order valence-electron chi connectivity index (χ0n) is 19.5. The van der Waals surface area contributed by atoms with Crippen LogP contribution in [0.15, 0.2) is 52.7 Å². The Morgan fingerprint density at radius 1 is 1.17 bits per heavy atom. The van der Waals surface area contributed by atoms with Crippen LogP contribution in [0.2, 0.25) is 0 Å². The van der Waals surface area contributed by atoms with Crippen LogP contribution in [0.4, 0.5) is 10.1 Å². The van der Waals surface area contributed by atoms with E-state index in [0.717, 1.165) is 13.1 Å². The summed E-state index contributed by atoms with van der Waals surface area (Å²) in [4.78, 5) is 31.2. The summed E-state index contributed by atoms with van der Waals surface area (Å²) in [5.74, 6) is -1.99. The number of carboxylic acid groups (broad SMARTS) is 1. The predicted octanol–water partition coefficient (Wildman–Crippen LogP) is 2.87. The molecule has 1 heterocycles. The molecule has 0 aromatic heterocycles. The van der Waals surface area contributed by atoms with Crippen LogP contribution in [0, 0.1) is 5.82 Å². The number of carbonyl (C=O) groups is 2. The number of halogens is 1. The predicted molar refractivity (Wildman–Crippen MR) is 130 cm³/mol. The average Bonchev–Trinajstić information content (AvgIpc) is 2.84. The van der Waals surface area contributed by atoms with Gasteiger partial charge in [-0.2, -0.15) is 0 Å². The molecule has 0 atom stereocenters. The summed E-state index contributed by atoms with van der Waals surface area (Å²) in [6.45, 7) is 3.91. The minimum absolute atomic E-state index is 0.00557. The van der Waals surface area contributed by atoms with Crippen molar-refractivity contribution < 1.29 is 28.9 Å². The van der Waals surface area contributed by atoms with Crippen LogP contribution in [0.5, 0.6) is 0 Å². The Morgan fingerprint density at radius 2 is 1.89 bits per heavy atom. The number of aliphatic hydroxyl groups is 1. The molecule has 35 heavy (non-hydrogen) atoms. The highest BCUT2D eigenvalue weighted by Crippen LogP contribution is 2.32. The number of ketones is 1. The van der Waals surface area contributed by atoms with E-state index in [1.807, 2.05) is 0 Å². The molecule has 1 fully saturated rings. The highest BCUT2D eigenvalue weighted by atomic mass is 19.1. The lowest BCUT2D eigenvalue weighted by Gasteiger charge is -2.27. The fourth-order valence-electron chi connectivity index (χ4n) is 4.41. The Kier molecular flexibility index (Phi) is 7.57. The van der Waals surface area contributed by atoms with E-state index in [1.165, 1.54) is 24.3 Å². The second-order valence-electron chi connectivity index (χ2n) is 8.51. The number of hydrogen-bond donors (Lipinski definition) is 3. The quantitative estimate of drug-likeness (QED) is 0.412. The molecule has 0 amide bonds.